The largest absolute Gasteiger partial charge is 0.369 e. The summed E-state index contributed by atoms with van der Waals surface area (Å²) in [5.74, 6) is 2.20. The molecule has 2 aromatic carbocycles. The highest BCUT2D eigenvalue weighted by Crippen LogP contribution is 2.30. The highest BCUT2D eigenvalue weighted by Gasteiger charge is 2.20. The maximum Gasteiger partial charge on any atom is 0.129 e. The van der Waals surface area contributed by atoms with Crippen LogP contribution in [0.1, 0.15) is 5.56 Å². The first-order chi connectivity index (χ1) is 12.3. The molecule has 2 heterocycles. The van der Waals surface area contributed by atoms with Gasteiger partial charge in [-0.3, -0.25) is 4.90 Å². The van der Waals surface area contributed by atoms with Gasteiger partial charge in [0.15, 0.2) is 0 Å². The van der Waals surface area contributed by atoms with Gasteiger partial charge in [-0.05, 0) is 18.2 Å². The first kappa shape index (κ1) is 16.1. The number of fused-ring (bicyclic) bond motifs is 1. The Morgan fingerprint density at radius 3 is 2.44 bits per heavy atom. The summed E-state index contributed by atoms with van der Waals surface area (Å²) in [6.45, 7) is 4.57. The smallest absolute Gasteiger partial charge is 0.129 e. The quantitative estimate of drug-likeness (QED) is 0.667. The number of rotatable bonds is 4. The fourth-order valence-corrected chi connectivity index (χ4v) is 4.39. The number of carbonyl (C=O) groups excluding carboxylic acids is 1. The molecule has 4 heteroatoms. The Balaban J connectivity index is 1.45. The van der Waals surface area contributed by atoms with Crippen molar-refractivity contribution < 1.29 is 4.79 Å². The van der Waals surface area contributed by atoms with Crippen LogP contribution in [0, 0.1) is 0 Å². The minimum atomic E-state index is 0.673. The summed E-state index contributed by atoms with van der Waals surface area (Å²) in [6, 6.07) is 18.8. The zero-order valence-corrected chi connectivity index (χ0v) is 14.8. The van der Waals surface area contributed by atoms with E-state index in [1.165, 1.54) is 10.4 Å². The van der Waals surface area contributed by atoms with Crippen LogP contribution in [0.3, 0.4) is 0 Å². The van der Waals surface area contributed by atoms with Crippen molar-refractivity contribution in [2.75, 3.05) is 37.6 Å². The van der Waals surface area contributed by atoms with Gasteiger partial charge in [0.1, 0.15) is 5.94 Å². The normalized spacial score (nSPS) is 15.3. The molecule has 0 bridgehead atoms. The number of piperazine rings is 1. The molecular weight excluding hydrogens is 328 g/mol. The Morgan fingerprint density at radius 1 is 0.960 bits per heavy atom. The van der Waals surface area contributed by atoms with E-state index in [0.717, 1.165) is 42.7 Å². The molecule has 0 amide bonds. The summed E-state index contributed by atoms with van der Waals surface area (Å²) in [5, 5.41) is 3.25. The van der Waals surface area contributed by atoms with Crippen molar-refractivity contribution >= 4 is 38.6 Å². The number of thiophene rings is 1. The van der Waals surface area contributed by atoms with Gasteiger partial charge < -0.3 is 4.90 Å². The lowest BCUT2D eigenvalue weighted by molar-refractivity contribution is 0.288. The van der Waals surface area contributed by atoms with E-state index in [9.17, 15) is 4.79 Å². The molecule has 25 heavy (non-hydrogen) atoms. The van der Waals surface area contributed by atoms with E-state index in [2.05, 4.69) is 57.5 Å². The Kier molecular flexibility index (Phi) is 4.66. The van der Waals surface area contributed by atoms with Crippen molar-refractivity contribution in [2.24, 2.45) is 0 Å². The van der Waals surface area contributed by atoms with E-state index in [1.807, 2.05) is 18.2 Å². The molecule has 4 rings (SSSR count). The van der Waals surface area contributed by atoms with Crippen molar-refractivity contribution in [3.63, 3.8) is 0 Å². The fourth-order valence-electron chi connectivity index (χ4n) is 3.41. The Hall–Kier alpha value is -2.39. The highest BCUT2D eigenvalue weighted by molar-refractivity contribution is 7.17. The average molecular weight is 348 g/mol. The van der Waals surface area contributed by atoms with Crippen LogP contribution in [-0.2, 0) is 4.79 Å². The number of nitrogens with zero attached hydrogens (tertiary/aromatic N) is 2. The van der Waals surface area contributed by atoms with E-state index in [-0.39, 0.29) is 0 Å². The van der Waals surface area contributed by atoms with Gasteiger partial charge in [0, 0.05) is 59.4 Å². The van der Waals surface area contributed by atoms with Crippen LogP contribution >= 0.6 is 11.3 Å². The second-order valence-corrected chi connectivity index (χ2v) is 7.24. The molecule has 0 aliphatic carbocycles. The Labute approximate surface area is 151 Å². The highest BCUT2D eigenvalue weighted by atomic mass is 32.1. The number of hydrogen-bond donors (Lipinski definition) is 0. The van der Waals surface area contributed by atoms with Crippen LogP contribution in [0.25, 0.3) is 15.7 Å². The molecule has 1 fully saturated rings. The average Bonchev–Trinajstić information content (AvgIpc) is 3.11. The second-order valence-electron chi connectivity index (χ2n) is 6.32. The third-order valence-corrected chi connectivity index (χ3v) is 5.77. The first-order valence-electron chi connectivity index (χ1n) is 8.58. The van der Waals surface area contributed by atoms with Gasteiger partial charge in [-0.25, -0.2) is 4.79 Å². The second kappa shape index (κ2) is 7.24. The van der Waals surface area contributed by atoms with Gasteiger partial charge in [0.25, 0.3) is 0 Å². The van der Waals surface area contributed by atoms with E-state index in [0.29, 0.717) is 6.54 Å². The zero-order valence-electron chi connectivity index (χ0n) is 14.0. The molecule has 0 spiro atoms. The number of hydrogen-bond acceptors (Lipinski definition) is 4. The molecule has 3 aromatic rings. The fraction of sp³-hybridized carbons (Fsp3) is 0.238. The minimum absolute atomic E-state index is 0.673. The number of benzene rings is 2. The molecule has 0 atom stereocenters. The summed E-state index contributed by atoms with van der Waals surface area (Å²) in [5.41, 5.74) is 3.09. The lowest BCUT2D eigenvalue weighted by Gasteiger charge is -2.36. The molecule has 3 nitrogen and oxygen atoms in total. The van der Waals surface area contributed by atoms with Crippen LogP contribution < -0.4 is 4.90 Å². The van der Waals surface area contributed by atoms with Crippen LogP contribution in [0.2, 0.25) is 0 Å². The van der Waals surface area contributed by atoms with Gasteiger partial charge in [0.2, 0.25) is 0 Å². The maximum atomic E-state index is 11.6. The molecule has 0 radical (unpaired) electrons. The molecule has 0 unspecified atom stereocenters. The third kappa shape index (κ3) is 3.38. The molecule has 1 saturated heterocycles. The number of anilines is 1. The molecule has 0 saturated carbocycles. The summed E-state index contributed by atoms with van der Waals surface area (Å²) >= 11 is 1.69. The van der Waals surface area contributed by atoms with Gasteiger partial charge in [0.05, 0.1) is 5.57 Å². The van der Waals surface area contributed by atoms with Crippen molar-refractivity contribution in [1.29, 1.82) is 0 Å². The lowest BCUT2D eigenvalue weighted by Crippen LogP contribution is -2.46. The molecule has 1 aromatic heterocycles. The monoisotopic (exact) mass is 348 g/mol. The van der Waals surface area contributed by atoms with Crippen LogP contribution in [0.5, 0.6) is 0 Å². The van der Waals surface area contributed by atoms with Gasteiger partial charge in [-0.1, -0.05) is 36.4 Å². The molecule has 0 N–H and O–H groups in total. The van der Waals surface area contributed by atoms with Crippen molar-refractivity contribution in [3.05, 3.63) is 65.5 Å². The van der Waals surface area contributed by atoms with E-state index in [4.69, 9.17) is 0 Å². The first-order valence-corrected chi connectivity index (χ1v) is 9.46. The molecule has 126 valence electrons. The molecular formula is C21H20N2OS. The Morgan fingerprint density at radius 2 is 1.68 bits per heavy atom. The summed E-state index contributed by atoms with van der Waals surface area (Å²) in [6.07, 6.45) is 0. The van der Waals surface area contributed by atoms with E-state index < -0.39 is 0 Å². The van der Waals surface area contributed by atoms with Gasteiger partial charge in [-0.15, -0.1) is 11.3 Å². The minimum Gasteiger partial charge on any atom is -0.369 e. The Bertz CT molecular complexity index is 904. The lowest BCUT2D eigenvalue weighted by atomic mass is 10.1. The van der Waals surface area contributed by atoms with E-state index in [1.54, 1.807) is 11.3 Å². The van der Waals surface area contributed by atoms with Crippen LogP contribution in [0.4, 0.5) is 5.69 Å². The van der Waals surface area contributed by atoms with Crippen molar-refractivity contribution in [2.45, 2.75) is 0 Å². The summed E-state index contributed by atoms with van der Waals surface area (Å²) < 4.78 is 1.22. The van der Waals surface area contributed by atoms with Crippen molar-refractivity contribution in [1.82, 2.24) is 4.90 Å². The van der Waals surface area contributed by atoms with Gasteiger partial charge >= 0.3 is 0 Å². The standard InChI is InChI=1S/C21H20N2OS/c24-15-17(20-16-25-21-9-5-4-8-19(20)21)14-22-10-12-23(13-11-22)18-6-2-1-3-7-18/h1-9,16H,10-14H2. The molecule has 1 aliphatic heterocycles. The zero-order chi connectivity index (χ0) is 17.1. The van der Waals surface area contributed by atoms with Crippen LogP contribution in [-0.4, -0.2) is 43.6 Å². The van der Waals surface area contributed by atoms with Crippen molar-refractivity contribution in [3.8, 4) is 0 Å². The maximum absolute atomic E-state index is 11.6. The third-order valence-electron chi connectivity index (χ3n) is 4.80. The SMILES string of the molecule is O=C=C(CN1CCN(c2ccccc2)CC1)c1csc2ccccc12. The van der Waals surface area contributed by atoms with E-state index >= 15 is 0 Å². The predicted octanol–water partition coefficient (Wildman–Crippen LogP) is 3.94. The molecule has 1 aliphatic rings. The summed E-state index contributed by atoms with van der Waals surface area (Å²) in [4.78, 5) is 16.4. The number of para-hydroxylation sites is 1. The predicted molar refractivity (Wildman–Crippen MR) is 106 cm³/mol. The topological polar surface area (TPSA) is 23.6 Å². The van der Waals surface area contributed by atoms with Gasteiger partial charge in [-0.2, -0.15) is 0 Å². The van der Waals surface area contributed by atoms with Crippen LogP contribution in [0.15, 0.2) is 60.0 Å². The summed E-state index contributed by atoms with van der Waals surface area (Å²) in [7, 11) is 0.